The van der Waals surface area contributed by atoms with Crippen molar-refractivity contribution in [2.24, 2.45) is 0 Å². The summed E-state index contributed by atoms with van der Waals surface area (Å²) in [6, 6.07) is 0. The van der Waals surface area contributed by atoms with E-state index in [0.717, 1.165) is 18.7 Å². The molecule has 0 N–H and O–H groups in total. The minimum atomic E-state index is -0.145. The van der Waals surface area contributed by atoms with Crippen molar-refractivity contribution >= 4 is 5.97 Å². The molecule has 0 aliphatic heterocycles. The summed E-state index contributed by atoms with van der Waals surface area (Å²) in [5.74, 6) is 0.899. The van der Waals surface area contributed by atoms with Crippen LogP contribution in [0.15, 0.2) is 12.4 Å². The second kappa shape index (κ2) is 6.22. The fraction of sp³-hybridized carbons (Fsp3) is 0.636. The van der Waals surface area contributed by atoms with Gasteiger partial charge < -0.3 is 9.30 Å². The summed E-state index contributed by atoms with van der Waals surface area (Å²) in [5, 5.41) is 0. The molecular formula is C11H18N2O2. The van der Waals surface area contributed by atoms with E-state index in [2.05, 4.69) is 11.9 Å². The molecule has 4 heteroatoms. The average Bonchev–Trinajstić information content (AvgIpc) is 2.64. The molecular weight excluding hydrogens is 192 g/mol. The lowest BCUT2D eigenvalue weighted by atomic mass is 10.3. The van der Waals surface area contributed by atoms with Gasteiger partial charge in [0.2, 0.25) is 0 Å². The third kappa shape index (κ3) is 3.73. The fourth-order valence-corrected chi connectivity index (χ4v) is 1.44. The minimum Gasteiger partial charge on any atom is -0.466 e. The number of aryl methyl sites for hydroxylation is 2. The molecule has 4 nitrogen and oxygen atoms in total. The molecule has 0 aromatic carbocycles. The third-order valence-electron chi connectivity index (χ3n) is 2.14. The highest BCUT2D eigenvalue weighted by atomic mass is 16.5. The zero-order valence-corrected chi connectivity index (χ0v) is 9.40. The van der Waals surface area contributed by atoms with Gasteiger partial charge in [0, 0.05) is 25.4 Å². The fourth-order valence-electron chi connectivity index (χ4n) is 1.44. The Kier molecular flexibility index (Phi) is 4.87. The molecule has 15 heavy (non-hydrogen) atoms. The molecule has 0 fully saturated rings. The second-order valence-corrected chi connectivity index (χ2v) is 3.34. The second-order valence-electron chi connectivity index (χ2n) is 3.34. The number of carbonyl (C=O) groups is 1. The number of ether oxygens (including phenoxy) is 1. The van der Waals surface area contributed by atoms with Gasteiger partial charge in [0.15, 0.2) is 0 Å². The summed E-state index contributed by atoms with van der Waals surface area (Å²) in [5.41, 5.74) is 0. The Morgan fingerprint density at radius 2 is 2.33 bits per heavy atom. The minimum absolute atomic E-state index is 0.145. The van der Waals surface area contributed by atoms with Gasteiger partial charge in [0.1, 0.15) is 5.82 Å². The van der Waals surface area contributed by atoms with Gasteiger partial charge in [-0.3, -0.25) is 4.79 Å². The van der Waals surface area contributed by atoms with Crippen LogP contribution in [-0.4, -0.2) is 22.1 Å². The Morgan fingerprint density at radius 3 is 3.00 bits per heavy atom. The van der Waals surface area contributed by atoms with Crippen molar-refractivity contribution < 1.29 is 9.53 Å². The van der Waals surface area contributed by atoms with E-state index in [1.54, 1.807) is 6.20 Å². The van der Waals surface area contributed by atoms with Gasteiger partial charge in [-0.2, -0.15) is 0 Å². The van der Waals surface area contributed by atoms with Crippen molar-refractivity contribution in [3.8, 4) is 0 Å². The SMILES string of the molecule is CCCc1nccn1CCC(=O)OCC. The Hall–Kier alpha value is -1.32. The lowest BCUT2D eigenvalue weighted by Gasteiger charge is -2.06. The van der Waals surface area contributed by atoms with Crippen LogP contribution in [0.5, 0.6) is 0 Å². The summed E-state index contributed by atoms with van der Waals surface area (Å²) in [7, 11) is 0. The molecule has 0 saturated heterocycles. The van der Waals surface area contributed by atoms with Crippen molar-refractivity contribution in [3.63, 3.8) is 0 Å². The molecule has 1 aromatic heterocycles. The van der Waals surface area contributed by atoms with Crippen LogP contribution in [0.4, 0.5) is 0 Å². The Morgan fingerprint density at radius 1 is 1.53 bits per heavy atom. The normalized spacial score (nSPS) is 10.3. The van der Waals surface area contributed by atoms with E-state index < -0.39 is 0 Å². The van der Waals surface area contributed by atoms with Crippen molar-refractivity contribution in [2.75, 3.05) is 6.61 Å². The molecule has 1 rings (SSSR count). The van der Waals surface area contributed by atoms with Crippen molar-refractivity contribution in [1.29, 1.82) is 0 Å². The number of aromatic nitrogens is 2. The monoisotopic (exact) mass is 210 g/mol. The van der Waals surface area contributed by atoms with Crippen LogP contribution in [0.3, 0.4) is 0 Å². The highest BCUT2D eigenvalue weighted by Gasteiger charge is 2.05. The van der Waals surface area contributed by atoms with Crippen molar-refractivity contribution in [1.82, 2.24) is 9.55 Å². The van der Waals surface area contributed by atoms with Crippen molar-refractivity contribution in [3.05, 3.63) is 18.2 Å². The molecule has 0 bridgehead atoms. The van der Waals surface area contributed by atoms with E-state index in [4.69, 9.17) is 4.74 Å². The van der Waals surface area contributed by atoms with Crippen LogP contribution in [0.25, 0.3) is 0 Å². The number of hydrogen-bond donors (Lipinski definition) is 0. The van der Waals surface area contributed by atoms with Gasteiger partial charge in [-0.15, -0.1) is 0 Å². The molecule has 0 spiro atoms. The van der Waals surface area contributed by atoms with Gasteiger partial charge in [-0.25, -0.2) is 4.98 Å². The van der Waals surface area contributed by atoms with Gasteiger partial charge in [0.05, 0.1) is 13.0 Å². The summed E-state index contributed by atoms with van der Waals surface area (Å²) in [4.78, 5) is 15.4. The molecule has 1 heterocycles. The Bertz CT molecular complexity index is 307. The molecule has 0 saturated carbocycles. The lowest BCUT2D eigenvalue weighted by Crippen LogP contribution is -2.10. The van der Waals surface area contributed by atoms with E-state index in [1.807, 2.05) is 17.7 Å². The van der Waals surface area contributed by atoms with Crippen LogP contribution in [0, 0.1) is 0 Å². The van der Waals surface area contributed by atoms with Crippen LogP contribution in [-0.2, 0) is 22.5 Å². The van der Waals surface area contributed by atoms with E-state index in [9.17, 15) is 4.79 Å². The number of esters is 1. The van der Waals surface area contributed by atoms with Gasteiger partial charge in [-0.1, -0.05) is 6.92 Å². The summed E-state index contributed by atoms with van der Waals surface area (Å²) in [6.45, 7) is 5.04. The number of carbonyl (C=O) groups excluding carboxylic acids is 1. The van der Waals surface area contributed by atoms with E-state index >= 15 is 0 Å². The van der Waals surface area contributed by atoms with Crippen LogP contribution in [0.2, 0.25) is 0 Å². The molecule has 84 valence electrons. The standard InChI is InChI=1S/C11H18N2O2/c1-3-5-10-12-7-9-13(10)8-6-11(14)15-4-2/h7,9H,3-6,8H2,1-2H3. The summed E-state index contributed by atoms with van der Waals surface area (Å²) < 4.78 is 6.88. The number of rotatable bonds is 6. The first-order valence-corrected chi connectivity index (χ1v) is 5.43. The molecule has 0 atom stereocenters. The summed E-state index contributed by atoms with van der Waals surface area (Å²) >= 11 is 0. The van der Waals surface area contributed by atoms with Gasteiger partial charge >= 0.3 is 5.97 Å². The van der Waals surface area contributed by atoms with E-state index in [1.165, 1.54) is 0 Å². The van der Waals surface area contributed by atoms with Gasteiger partial charge in [-0.05, 0) is 13.3 Å². The number of imidazole rings is 1. The molecule has 1 aromatic rings. The number of hydrogen-bond acceptors (Lipinski definition) is 3. The average molecular weight is 210 g/mol. The largest absolute Gasteiger partial charge is 0.466 e. The first kappa shape index (κ1) is 11.8. The molecule has 0 aliphatic rings. The lowest BCUT2D eigenvalue weighted by molar-refractivity contribution is -0.143. The van der Waals surface area contributed by atoms with E-state index in [0.29, 0.717) is 19.6 Å². The zero-order chi connectivity index (χ0) is 11.1. The third-order valence-corrected chi connectivity index (χ3v) is 2.14. The molecule has 0 unspecified atom stereocenters. The van der Waals surface area contributed by atoms with E-state index in [-0.39, 0.29) is 5.97 Å². The maximum absolute atomic E-state index is 11.2. The smallest absolute Gasteiger partial charge is 0.307 e. The van der Waals surface area contributed by atoms with Crippen LogP contribution in [0.1, 0.15) is 32.5 Å². The predicted octanol–water partition coefficient (Wildman–Crippen LogP) is 1.79. The predicted molar refractivity (Wildman–Crippen MR) is 57.5 cm³/mol. The summed E-state index contributed by atoms with van der Waals surface area (Å²) in [6.07, 6.45) is 6.12. The number of nitrogens with zero attached hydrogens (tertiary/aromatic N) is 2. The molecule has 0 amide bonds. The first-order valence-electron chi connectivity index (χ1n) is 5.43. The first-order chi connectivity index (χ1) is 7.27. The maximum Gasteiger partial charge on any atom is 0.307 e. The zero-order valence-electron chi connectivity index (χ0n) is 9.40. The molecule has 0 aliphatic carbocycles. The topological polar surface area (TPSA) is 44.1 Å². The Balaban J connectivity index is 2.42. The van der Waals surface area contributed by atoms with Crippen LogP contribution < -0.4 is 0 Å². The van der Waals surface area contributed by atoms with Crippen molar-refractivity contribution in [2.45, 2.75) is 39.7 Å². The highest BCUT2D eigenvalue weighted by molar-refractivity contribution is 5.69. The highest BCUT2D eigenvalue weighted by Crippen LogP contribution is 2.03. The quantitative estimate of drug-likeness (QED) is 0.672. The Labute approximate surface area is 90.3 Å². The van der Waals surface area contributed by atoms with Crippen LogP contribution >= 0.6 is 0 Å². The van der Waals surface area contributed by atoms with Gasteiger partial charge in [0.25, 0.3) is 0 Å². The maximum atomic E-state index is 11.2. The molecule has 0 radical (unpaired) electrons.